The molecule has 188 valence electrons. The third kappa shape index (κ3) is 3.97. The average Bonchev–Trinajstić information content (AvgIpc) is 3.21. The lowest BCUT2D eigenvalue weighted by Gasteiger charge is -2.57. The summed E-state index contributed by atoms with van der Waals surface area (Å²) < 4.78 is 11.9. The highest BCUT2D eigenvalue weighted by molar-refractivity contribution is 5.91. The first kappa shape index (κ1) is 24.3. The molecule has 0 saturated heterocycles. The summed E-state index contributed by atoms with van der Waals surface area (Å²) in [6, 6.07) is 7.88. The molecule has 0 spiro atoms. The van der Waals surface area contributed by atoms with Crippen molar-refractivity contribution < 1.29 is 19.1 Å². The number of aryl methyl sites for hydroxylation is 1. The van der Waals surface area contributed by atoms with Crippen LogP contribution >= 0.6 is 0 Å². The molecule has 0 amide bonds. The highest BCUT2D eigenvalue weighted by Crippen LogP contribution is 2.67. The van der Waals surface area contributed by atoms with Gasteiger partial charge < -0.3 is 9.47 Å². The summed E-state index contributed by atoms with van der Waals surface area (Å²) in [6.07, 6.45) is 14.1. The number of carbonyl (C=O) groups is 2. The summed E-state index contributed by atoms with van der Waals surface area (Å²) in [4.78, 5) is 25.2. The minimum Gasteiger partial charge on any atom is -0.496 e. The van der Waals surface area contributed by atoms with Crippen LogP contribution in [0.3, 0.4) is 0 Å². The number of para-hydroxylation sites is 1. The molecule has 1 aromatic carbocycles. The zero-order valence-electron chi connectivity index (χ0n) is 21.4. The Kier molecular flexibility index (Phi) is 6.67. The number of benzene rings is 1. The molecule has 35 heavy (non-hydrogen) atoms. The monoisotopic (exact) mass is 476 g/mol. The van der Waals surface area contributed by atoms with Crippen molar-refractivity contribution in [2.45, 2.75) is 83.2 Å². The Labute approximate surface area is 210 Å². The Bertz CT molecular complexity index is 1020. The predicted octanol–water partition coefficient (Wildman–Crippen LogP) is 6.63. The van der Waals surface area contributed by atoms with E-state index in [0.29, 0.717) is 48.7 Å². The van der Waals surface area contributed by atoms with Crippen LogP contribution in [0.5, 0.6) is 5.75 Å². The first-order valence-electron chi connectivity index (χ1n) is 13.7. The smallest absolute Gasteiger partial charge is 0.307 e. The first-order chi connectivity index (χ1) is 17.0. The summed E-state index contributed by atoms with van der Waals surface area (Å²) >= 11 is 0. The van der Waals surface area contributed by atoms with Gasteiger partial charge in [-0.3, -0.25) is 9.59 Å². The molecule has 1 aromatic rings. The summed E-state index contributed by atoms with van der Waals surface area (Å²) in [5, 5.41) is 0. The Morgan fingerprint density at radius 3 is 2.71 bits per heavy atom. The highest BCUT2D eigenvalue weighted by Gasteiger charge is 2.65. The lowest BCUT2D eigenvalue weighted by atomic mass is 9.49. The minimum atomic E-state index is -0.576. The molecule has 3 fully saturated rings. The molecule has 0 aliphatic heterocycles. The maximum absolute atomic E-state index is 13.2. The fourth-order valence-corrected chi connectivity index (χ4v) is 8.67. The van der Waals surface area contributed by atoms with E-state index in [1.165, 1.54) is 18.4 Å². The van der Waals surface area contributed by atoms with Crippen LogP contribution in [0.4, 0.5) is 0 Å². The molecule has 6 atom stereocenters. The molecule has 4 unspecified atom stereocenters. The van der Waals surface area contributed by atoms with Crippen molar-refractivity contribution in [2.75, 3.05) is 7.11 Å². The zero-order chi connectivity index (χ0) is 24.6. The first-order valence-corrected chi connectivity index (χ1v) is 13.7. The molecular weight excluding hydrogens is 436 g/mol. The molecule has 0 heterocycles. The summed E-state index contributed by atoms with van der Waals surface area (Å²) in [6.45, 7) is 6.52. The average molecular weight is 477 g/mol. The van der Waals surface area contributed by atoms with Gasteiger partial charge >= 0.3 is 5.97 Å². The quantitative estimate of drug-likeness (QED) is 0.327. The van der Waals surface area contributed by atoms with E-state index in [2.05, 4.69) is 13.5 Å². The van der Waals surface area contributed by atoms with Gasteiger partial charge in [-0.05, 0) is 105 Å². The topological polar surface area (TPSA) is 52.6 Å². The van der Waals surface area contributed by atoms with E-state index in [-0.39, 0.29) is 11.4 Å². The number of rotatable bonds is 7. The number of carbonyl (C=O) groups excluding carboxylic acids is 2. The molecule has 4 nitrogen and oxygen atoms in total. The number of ether oxygens (including phenoxy) is 2. The van der Waals surface area contributed by atoms with Crippen LogP contribution in [0, 0.1) is 29.1 Å². The molecule has 4 heteroatoms. The van der Waals surface area contributed by atoms with Crippen LogP contribution in [0.2, 0.25) is 0 Å². The Morgan fingerprint density at radius 2 is 1.94 bits per heavy atom. The van der Waals surface area contributed by atoms with Crippen molar-refractivity contribution in [1.82, 2.24) is 0 Å². The van der Waals surface area contributed by atoms with Gasteiger partial charge in [0.25, 0.3) is 0 Å². The summed E-state index contributed by atoms with van der Waals surface area (Å²) in [7, 11) is 1.67. The molecular formula is C31H40O4. The van der Waals surface area contributed by atoms with Crippen LogP contribution < -0.4 is 4.74 Å². The van der Waals surface area contributed by atoms with Gasteiger partial charge in [-0.15, -0.1) is 0 Å². The standard InChI is InChI=1S/C31H40O4/c1-4-30-18-16-25-24-14-12-23(32)20-22(24)10-13-26(25)27(30)17-19-31(30,5-2)35-29(33)15-11-21-8-6-7-9-28(21)34-3/h5-9,20,24-27H,2,4,10-19H2,1,3H3/t24?,25?,26?,27?,30-,31-/m0/s1. The van der Waals surface area contributed by atoms with E-state index in [1.54, 1.807) is 7.11 Å². The van der Waals surface area contributed by atoms with Gasteiger partial charge in [0.2, 0.25) is 0 Å². The fraction of sp³-hybridized carbons (Fsp3) is 0.613. The predicted molar refractivity (Wildman–Crippen MR) is 137 cm³/mol. The van der Waals surface area contributed by atoms with Crippen molar-refractivity contribution in [1.29, 1.82) is 0 Å². The molecule has 0 N–H and O–H groups in total. The van der Waals surface area contributed by atoms with Crippen molar-refractivity contribution in [3.05, 3.63) is 54.1 Å². The number of hydrogen-bond acceptors (Lipinski definition) is 4. The summed E-state index contributed by atoms with van der Waals surface area (Å²) in [5.41, 5.74) is 1.85. The van der Waals surface area contributed by atoms with E-state index in [0.717, 1.165) is 49.8 Å². The number of allylic oxidation sites excluding steroid dienone is 1. The lowest BCUT2D eigenvalue weighted by molar-refractivity contribution is -0.175. The van der Waals surface area contributed by atoms with E-state index in [4.69, 9.17) is 9.47 Å². The van der Waals surface area contributed by atoms with Gasteiger partial charge in [0.05, 0.1) is 7.11 Å². The van der Waals surface area contributed by atoms with Crippen LogP contribution in [0.25, 0.3) is 0 Å². The molecule has 0 aromatic heterocycles. The summed E-state index contributed by atoms with van der Waals surface area (Å²) in [5.74, 6) is 3.49. The van der Waals surface area contributed by atoms with E-state index < -0.39 is 5.60 Å². The highest BCUT2D eigenvalue weighted by atomic mass is 16.6. The lowest BCUT2D eigenvalue weighted by Crippen LogP contribution is -2.54. The van der Waals surface area contributed by atoms with Crippen LogP contribution in [0.15, 0.2) is 48.6 Å². The van der Waals surface area contributed by atoms with Crippen molar-refractivity contribution in [2.24, 2.45) is 29.1 Å². The second-order valence-corrected chi connectivity index (χ2v) is 11.3. The molecule has 4 aliphatic carbocycles. The Balaban J connectivity index is 1.34. The maximum atomic E-state index is 13.2. The van der Waals surface area contributed by atoms with E-state index in [1.807, 2.05) is 36.4 Å². The zero-order valence-corrected chi connectivity index (χ0v) is 21.4. The molecule has 0 radical (unpaired) electrons. The number of hydrogen-bond donors (Lipinski definition) is 0. The van der Waals surface area contributed by atoms with Crippen LogP contribution in [-0.2, 0) is 20.7 Å². The molecule has 3 saturated carbocycles. The third-order valence-corrected chi connectivity index (χ3v) is 10.2. The van der Waals surface area contributed by atoms with Gasteiger partial charge in [-0.25, -0.2) is 0 Å². The minimum absolute atomic E-state index is 0.0261. The van der Waals surface area contributed by atoms with Gasteiger partial charge in [-0.2, -0.15) is 0 Å². The van der Waals surface area contributed by atoms with Gasteiger partial charge in [0, 0.05) is 18.3 Å². The molecule has 4 aliphatic rings. The van der Waals surface area contributed by atoms with Gasteiger partial charge in [0.15, 0.2) is 5.78 Å². The fourth-order valence-electron chi connectivity index (χ4n) is 8.67. The maximum Gasteiger partial charge on any atom is 0.307 e. The van der Waals surface area contributed by atoms with E-state index in [9.17, 15) is 9.59 Å². The number of methoxy groups -OCH3 is 1. The normalized spacial score (nSPS) is 35.8. The van der Waals surface area contributed by atoms with Crippen LogP contribution in [-0.4, -0.2) is 24.5 Å². The molecule has 5 rings (SSSR count). The second kappa shape index (κ2) is 9.59. The SMILES string of the molecule is C=C[C@]1(OC(=O)CCc2ccccc2OC)CCC2C3CCC4=CC(=O)CCC4C3CC[C@@]21CC. The largest absolute Gasteiger partial charge is 0.496 e. The molecule has 0 bridgehead atoms. The van der Waals surface area contributed by atoms with Crippen molar-refractivity contribution >= 4 is 11.8 Å². The second-order valence-electron chi connectivity index (χ2n) is 11.3. The Hall–Kier alpha value is -2.36. The number of ketones is 1. The van der Waals surface area contributed by atoms with Gasteiger partial charge in [0.1, 0.15) is 11.4 Å². The van der Waals surface area contributed by atoms with Crippen molar-refractivity contribution in [3.8, 4) is 5.75 Å². The van der Waals surface area contributed by atoms with Gasteiger partial charge in [-0.1, -0.05) is 37.3 Å². The van der Waals surface area contributed by atoms with Crippen LogP contribution in [0.1, 0.15) is 76.7 Å². The third-order valence-electron chi connectivity index (χ3n) is 10.2. The Morgan fingerprint density at radius 1 is 1.11 bits per heavy atom. The number of esters is 1. The number of fused-ring (bicyclic) bond motifs is 5. The van der Waals surface area contributed by atoms with E-state index >= 15 is 0 Å². The van der Waals surface area contributed by atoms with Crippen molar-refractivity contribution in [3.63, 3.8) is 0 Å².